The van der Waals surface area contributed by atoms with Crippen molar-refractivity contribution < 1.29 is 9.59 Å². The maximum atomic E-state index is 13.2. The molecule has 0 saturated heterocycles. The van der Waals surface area contributed by atoms with Gasteiger partial charge in [-0.2, -0.15) is 9.78 Å². The van der Waals surface area contributed by atoms with Gasteiger partial charge in [-0.15, -0.1) is 23.1 Å². The van der Waals surface area contributed by atoms with Crippen molar-refractivity contribution in [1.29, 1.82) is 0 Å². The molecule has 2 aliphatic rings. The van der Waals surface area contributed by atoms with Crippen molar-refractivity contribution in [2.45, 2.75) is 61.8 Å². The lowest BCUT2D eigenvalue weighted by molar-refractivity contribution is 0.0910. The number of benzene rings is 1. The van der Waals surface area contributed by atoms with Gasteiger partial charge in [0.15, 0.2) is 5.78 Å². The molecule has 33 heavy (non-hydrogen) atoms. The quantitative estimate of drug-likeness (QED) is 0.402. The standard InChI is InChI=1S/C25H26ClN3O2S2/c1-25(2)13-18-21(20(30)14-25)23(32-17-8-3-4-9-17)33-22(18)19-10-11-29(28-19)24(31)27-16-7-5-6-15(26)12-16/h5-7,10-12,17H,3-4,8-9,13-14H2,1-2H3,(H,27,31). The van der Waals surface area contributed by atoms with E-state index in [0.717, 1.165) is 32.3 Å². The SMILES string of the molecule is CC1(C)CC(=O)c2c(SC3CCCC3)sc(-c3ccn(C(=O)Nc4cccc(Cl)c4)n3)c2C1. The summed E-state index contributed by atoms with van der Waals surface area (Å²) in [7, 11) is 0. The predicted molar refractivity (Wildman–Crippen MR) is 136 cm³/mol. The number of hydrogen-bond donors (Lipinski definition) is 1. The summed E-state index contributed by atoms with van der Waals surface area (Å²) < 4.78 is 2.44. The second-order valence-corrected chi connectivity index (χ2v) is 12.6. The van der Waals surface area contributed by atoms with Crippen LogP contribution in [0.4, 0.5) is 10.5 Å². The first-order valence-corrected chi connectivity index (χ1v) is 13.3. The Labute approximate surface area is 206 Å². The zero-order chi connectivity index (χ0) is 23.2. The fourth-order valence-electron chi connectivity index (χ4n) is 4.71. The zero-order valence-electron chi connectivity index (χ0n) is 18.7. The van der Waals surface area contributed by atoms with Gasteiger partial charge < -0.3 is 5.32 Å². The third kappa shape index (κ3) is 4.77. The fraction of sp³-hybridized carbons (Fsp3) is 0.400. The number of ketones is 1. The molecule has 1 N–H and O–H groups in total. The summed E-state index contributed by atoms with van der Waals surface area (Å²) in [6.45, 7) is 4.30. The molecule has 1 aromatic carbocycles. The lowest BCUT2D eigenvalue weighted by Crippen LogP contribution is -2.26. The van der Waals surface area contributed by atoms with Gasteiger partial charge in [0, 0.05) is 34.1 Å². The van der Waals surface area contributed by atoms with Crippen LogP contribution in [0.2, 0.25) is 5.02 Å². The first-order chi connectivity index (χ1) is 15.8. The normalized spacial score (nSPS) is 17.8. The second-order valence-electron chi connectivity index (χ2n) is 9.62. The molecule has 0 unspecified atom stereocenters. The molecule has 0 aliphatic heterocycles. The van der Waals surface area contributed by atoms with Gasteiger partial charge in [-0.3, -0.25) is 4.79 Å². The van der Waals surface area contributed by atoms with Crippen LogP contribution in [0.3, 0.4) is 0 Å². The van der Waals surface area contributed by atoms with E-state index >= 15 is 0 Å². The topological polar surface area (TPSA) is 64.0 Å². The van der Waals surface area contributed by atoms with E-state index in [0.29, 0.717) is 22.4 Å². The first kappa shape index (κ1) is 22.7. The Morgan fingerprint density at radius 3 is 2.79 bits per heavy atom. The van der Waals surface area contributed by atoms with Crippen LogP contribution in [-0.2, 0) is 6.42 Å². The molecule has 0 spiro atoms. The van der Waals surface area contributed by atoms with Gasteiger partial charge in [0.05, 0.1) is 9.09 Å². The number of anilines is 1. The molecule has 3 aromatic rings. The summed E-state index contributed by atoms with van der Waals surface area (Å²) >= 11 is 9.56. The molecule has 8 heteroatoms. The van der Waals surface area contributed by atoms with Gasteiger partial charge in [0.2, 0.25) is 0 Å². The number of halogens is 1. The van der Waals surface area contributed by atoms with E-state index in [-0.39, 0.29) is 17.2 Å². The molecule has 5 nitrogen and oxygen atoms in total. The predicted octanol–water partition coefficient (Wildman–Crippen LogP) is 7.54. The highest BCUT2D eigenvalue weighted by molar-refractivity contribution is 8.01. The molecule has 1 amide bonds. The van der Waals surface area contributed by atoms with E-state index in [1.165, 1.54) is 30.4 Å². The van der Waals surface area contributed by atoms with Gasteiger partial charge in [-0.1, -0.05) is 44.4 Å². The average molecular weight is 500 g/mol. The van der Waals surface area contributed by atoms with Gasteiger partial charge in [0.25, 0.3) is 0 Å². The third-order valence-electron chi connectivity index (χ3n) is 6.23. The van der Waals surface area contributed by atoms with Gasteiger partial charge in [-0.05, 0) is 54.5 Å². The molecular formula is C25H26ClN3O2S2. The maximum absolute atomic E-state index is 13.2. The van der Waals surface area contributed by atoms with Crippen molar-refractivity contribution in [3.8, 4) is 10.6 Å². The van der Waals surface area contributed by atoms with E-state index in [1.807, 2.05) is 17.8 Å². The Bertz CT molecular complexity index is 1220. The highest BCUT2D eigenvalue weighted by Crippen LogP contribution is 2.50. The van der Waals surface area contributed by atoms with E-state index in [4.69, 9.17) is 11.6 Å². The maximum Gasteiger partial charge on any atom is 0.346 e. The summed E-state index contributed by atoms with van der Waals surface area (Å²) in [4.78, 5) is 26.9. The second kappa shape index (κ2) is 8.93. The number of thiophene rings is 1. The molecule has 1 fully saturated rings. The molecule has 0 bridgehead atoms. The third-order valence-corrected chi connectivity index (χ3v) is 9.28. The molecule has 2 heterocycles. The van der Waals surface area contributed by atoms with Crippen LogP contribution in [0.15, 0.2) is 40.7 Å². The minimum atomic E-state index is -0.356. The number of nitrogens with zero attached hydrogens (tertiary/aromatic N) is 2. The van der Waals surface area contributed by atoms with Crippen molar-refractivity contribution in [1.82, 2.24) is 9.78 Å². The minimum absolute atomic E-state index is 0.0816. The molecule has 1 saturated carbocycles. The summed E-state index contributed by atoms with van der Waals surface area (Å²) in [5.74, 6) is 0.238. The Kier molecular flexibility index (Phi) is 6.14. The number of rotatable bonds is 4. The molecule has 5 rings (SSSR count). The van der Waals surface area contributed by atoms with Crippen LogP contribution in [-0.4, -0.2) is 26.8 Å². The molecule has 2 aliphatic carbocycles. The van der Waals surface area contributed by atoms with Crippen LogP contribution in [0.5, 0.6) is 0 Å². The molecule has 0 atom stereocenters. The summed E-state index contributed by atoms with van der Waals surface area (Å²) in [5, 5.41) is 8.55. The molecule has 0 radical (unpaired) electrons. The van der Waals surface area contributed by atoms with E-state index in [1.54, 1.807) is 41.8 Å². The smallest absolute Gasteiger partial charge is 0.306 e. The highest BCUT2D eigenvalue weighted by atomic mass is 35.5. The number of nitrogens with one attached hydrogen (secondary N) is 1. The van der Waals surface area contributed by atoms with Crippen molar-refractivity contribution in [3.63, 3.8) is 0 Å². The van der Waals surface area contributed by atoms with Crippen LogP contribution >= 0.6 is 34.7 Å². The Balaban J connectivity index is 1.47. The molecular weight excluding hydrogens is 474 g/mol. The average Bonchev–Trinajstić information content (AvgIpc) is 3.47. The number of thioether (sulfide) groups is 1. The zero-order valence-corrected chi connectivity index (χ0v) is 21.1. The van der Waals surface area contributed by atoms with Gasteiger partial charge in [-0.25, -0.2) is 4.79 Å². The largest absolute Gasteiger partial charge is 0.346 e. The Morgan fingerprint density at radius 1 is 1.24 bits per heavy atom. The monoisotopic (exact) mass is 499 g/mol. The Morgan fingerprint density at radius 2 is 2.03 bits per heavy atom. The van der Waals surface area contributed by atoms with E-state index < -0.39 is 0 Å². The first-order valence-electron chi connectivity index (χ1n) is 11.3. The number of carbonyl (C=O) groups excluding carboxylic acids is 2. The van der Waals surface area contributed by atoms with E-state index in [2.05, 4.69) is 24.3 Å². The summed E-state index contributed by atoms with van der Waals surface area (Å²) in [6, 6.07) is 8.52. The molecule has 2 aromatic heterocycles. The number of amides is 1. The number of Topliss-reactive ketones (excluding diaryl/α,β-unsaturated/α-hetero) is 1. The van der Waals surface area contributed by atoms with Crippen LogP contribution in [0.1, 0.15) is 61.9 Å². The lowest BCUT2D eigenvalue weighted by atomic mass is 9.74. The van der Waals surface area contributed by atoms with Crippen molar-refractivity contribution >= 4 is 52.2 Å². The summed E-state index contributed by atoms with van der Waals surface area (Å²) in [6.07, 6.45) is 8.05. The number of fused-ring (bicyclic) bond motifs is 1. The lowest BCUT2D eigenvalue weighted by Gasteiger charge is -2.29. The van der Waals surface area contributed by atoms with Gasteiger partial charge >= 0.3 is 6.03 Å². The van der Waals surface area contributed by atoms with Crippen molar-refractivity contribution in [3.05, 3.63) is 52.7 Å². The van der Waals surface area contributed by atoms with Gasteiger partial charge in [0.1, 0.15) is 5.69 Å². The summed E-state index contributed by atoms with van der Waals surface area (Å²) in [5.41, 5.74) is 3.27. The van der Waals surface area contributed by atoms with Crippen molar-refractivity contribution in [2.24, 2.45) is 5.41 Å². The fourth-order valence-corrected chi connectivity index (χ4v) is 8.01. The molecule has 172 valence electrons. The van der Waals surface area contributed by atoms with E-state index in [9.17, 15) is 9.59 Å². The number of hydrogen-bond acceptors (Lipinski definition) is 5. The van der Waals surface area contributed by atoms with Crippen LogP contribution in [0, 0.1) is 5.41 Å². The highest BCUT2D eigenvalue weighted by Gasteiger charge is 2.37. The minimum Gasteiger partial charge on any atom is -0.306 e. The number of aromatic nitrogens is 2. The van der Waals surface area contributed by atoms with Crippen molar-refractivity contribution in [2.75, 3.05) is 5.32 Å². The van der Waals surface area contributed by atoms with Crippen LogP contribution in [0.25, 0.3) is 10.6 Å². The number of carbonyl (C=O) groups is 2. The van der Waals surface area contributed by atoms with Crippen LogP contribution < -0.4 is 5.32 Å². The Hall–Kier alpha value is -2.09.